The Morgan fingerprint density at radius 1 is 1.17 bits per heavy atom. The molecule has 3 aromatic rings. The van der Waals surface area contributed by atoms with Gasteiger partial charge in [0.1, 0.15) is 0 Å². The minimum absolute atomic E-state index is 0.522. The highest BCUT2D eigenvalue weighted by Crippen LogP contribution is 2.21. The number of hydrogen-bond donors (Lipinski definition) is 2. The summed E-state index contributed by atoms with van der Waals surface area (Å²) < 4.78 is 1.07. The number of rotatable bonds is 6. The van der Waals surface area contributed by atoms with Gasteiger partial charge in [0.25, 0.3) is 0 Å². The van der Waals surface area contributed by atoms with E-state index in [-0.39, 0.29) is 0 Å². The summed E-state index contributed by atoms with van der Waals surface area (Å²) in [7, 11) is 0. The maximum atomic E-state index is 4.34. The minimum Gasteiger partial charge on any atom is -0.246 e. The van der Waals surface area contributed by atoms with E-state index in [1.165, 1.54) is 5.56 Å². The smallest absolute Gasteiger partial charge is 0.240 e. The second kappa shape index (κ2) is 7.94. The van der Waals surface area contributed by atoms with Crippen LogP contribution in [0, 0.1) is 0 Å². The number of H-pyrrole nitrogens is 1. The van der Waals surface area contributed by atoms with E-state index in [4.69, 9.17) is 0 Å². The summed E-state index contributed by atoms with van der Waals surface area (Å²) in [5.41, 5.74) is 5.07. The molecule has 0 aliphatic rings. The first-order valence-corrected chi connectivity index (χ1v) is 8.71. The van der Waals surface area contributed by atoms with E-state index in [1.807, 2.05) is 42.5 Å². The maximum absolute atomic E-state index is 4.34. The molecule has 0 unspecified atom stereocenters. The van der Waals surface area contributed by atoms with E-state index in [0.29, 0.717) is 11.1 Å². The molecule has 2 N–H and O–H groups in total. The zero-order valence-electron chi connectivity index (χ0n) is 12.1. The van der Waals surface area contributed by atoms with E-state index in [0.717, 1.165) is 15.8 Å². The molecule has 116 valence electrons. The third-order valence-electron chi connectivity index (χ3n) is 2.91. The summed E-state index contributed by atoms with van der Waals surface area (Å²) in [6.07, 6.45) is 1.73. The lowest BCUT2D eigenvalue weighted by Crippen LogP contribution is -1.92. The predicted octanol–water partition coefficient (Wildman–Crippen LogP) is 4.31. The molecule has 0 fully saturated rings. The van der Waals surface area contributed by atoms with E-state index >= 15 is 0 Å². The van der Waals surface area contributed by atoms with Crippen LogP contribution in [0.3, 0.4) is 0 Å². The summed E-state index contributed by atoms with van der Waals surface area (Å²) in [5.74, 6) is 1.33. The third-order valence-corrected chi connectivity index (χ3v) is 4.32. The Balaban J connectivity index is 1.53. The average molecular weight is 388 g/mol. The van der Waals surface area contributed by atoms with Gasteiger partial charge in [0, 0.05) is 10.2 Å². The zero-order valence-corrected chi connectivity index (χ0v) is 14.5. The number of thioether (sulfide) groups is 1. The predicted molar refractivity (Wildman–Crippen MR) is 97.7 cm³/mol. The largest absolute Gasteiger partial charge is 0.246 e. The normalized spacial score (nSPS) is 11.0. The first-order valence-electron chi connectivity index (χ1n) is 6.93. The van der Waals surface area contributed by atoms with Gasteiger partial charge in [-0.25, -0.2) is 10.5 Å². The van der Waals surface area contributed by atoms with E-state index in [9.17, 15) is 0 Å². The van der Waals surface area contributed by atoms with Crippen molar-refractivity contribution in [3.63, 3.8) is 0 Å². The van der Waals surface area contributed by atoms with Crippen molar-refractivity contribution < 1.29 is 0 Å². The molecule has 1 aromatic heterocycles. The van der Waals surface area contributed by atoms with Crippen molar-refractivity contribution in [1.29, 1.82) is 0 Å². The van der Waals surface area contributed by atoms with Crippen LogP contribution >= 0.6 is 27.7 Å². The molecule has 0 bridgehead atoms. The Morgan fingerprint density at radius 2 is 2.04 bits per heavy atom. The molecule has 0 radical (unpaired) electrons. The number of aromatic amines is 1. The van der Waals surface area contributed by atoms with Crippen LogP contribution in [0.15, 0.2) is 69.3 Å². The molecule has 1 heterocycles. The van der Waals surface area contributed by atoms with Crippen molar-refractivity contribution in [2.75, 3.05) is 5.43 Å². The molecule has 0 aliphatic heterocycles. The highest BCUT2D eigenvalue weighted by molar-refractivity contribution is 9.10. The average Bonchev–Trinajstić information content (AvgIpc) is 3.02. The van der Waals surface area contributed by atoms with Crippen LogP contribution < -0.4 is 5.43 Å². The van der Waals surface area contributed by atoms with Gasteiger partial charge in [-0.05, 0) is 23.3 Å². The van der Waals surface area contributed by atoms with Gasteiger partial charge in [0.2, 0.25) is 11.1 Å². The summed E-state index contributed by atoms with van der Waals surface area (Å²) in [6.45, 7) is 0. The Labute approximate surface area is 146 Å². The van der Waals surface area contributed by atoms with Gasteiger partial charge < -0.3 is 0 Å². The molecule has 7 heteroatoms. The van der Waals surface area contributed by atoms with Gasteiger partial charge in [0.15, 0.2) is 0 Å². The first-order chi connectivity index (χ1) is 11.3. The summed E-state index contributed by atoms with van der Waals surface area (Å²) in [6, 6.07) is 18.0. The molecular weight excluding hydrogens is 374 g/mol. The zero-order chi connectivity index (χ0) is 15.9. The molecule has 0 spiro atoms. The number of benzene rings is 2. The molecule has 5 nitrogen and oxygen atoms in total. The van der Waals surface area contributed by atoms with Crippen LogP contribution in [0.1, 0.15) is 11.1 Å². The molecule has 0 aliphatic carbocycles. The van der Waals surface area contributed by atoms with E-state index in [1.54, 1.807) is 18.0 Å². The topological polar surface area (TPSA) is 66.0 Å². The molecule has 0 amide bonds. The molecule has 2 aromatic carbocycles. The van der Waals surface area contributed by atoms with E-state index in [2.05, 4.69) is 53.8 Å². The van der Waals surface area contributed by atoms with Gasteiger partial charge in [-0.1, -0.05) is 70.2 Å². The third kappa shape index (κ3) is 4.94. The Morgan fingerprint density at radius 3 is 2.87 bits per heavy atom. The van der Waals surface area contributed by atoms with Crippen LogP contribution in [0.2, 0.25) is 0 Å². The molecule has 0 saturated heterocycles. The Hall–Kier alpha value is -2.12. The standard InChI is InChI=1S/C16H14BrN5S/c17-14-8-4-7-13(9-14)11-23-16-19-15(21-22-16)20-18-10-12-5-2-1-3-6-12/h1-10H,11H2,(H2,19,20,21,22)/b18-10-. The van der Waals surface area contributed by atoms with Crippen LogP contribution in [0.5, 0.6) is 0 Å². The lowest BCUT2D eigenvalue weighted by Gasteiger charge is -1.98. The van der Waals surface area contributed by atoms with Crippen LogP contribution in [0.25, 0.3) is 0 Å². The second-order valence-corrected chi connectivity index (χ2v) is 6.52. The van der Waals surface area contributed by atoms with Gasteiger partial charge in [-0.15, -0.1) is 5.10 Å². The lowest BCUT2D eigenvalue weighted by molar-refractivity contribution is 0.972. The van der Waals surface area contributed by atoms with Crippen LogP contribution in [0.4, 0.5) is 5.95 Å². The number of anilines is 1. The minimum atomic E-state index is 0.522. The van der Waals surface area contributed by atoms with Crippen molar-refractivity contribution in [3.8, 4) is 0 Å². The van der Waals surface area contributed by atoms with Crippen molar-refractivity contribution in [2.24, 2.45) is 5.10 Å². The molecule has 3 rings (SSSR count). The van der Waals surface area contributed by atoms with Gasteiger partial charge in [-0.2, -0.15) is 10.1 Å². The molecular formula is C16H14BrN5S. The number of nitrogens with zero attached hydrogens (tertiary/aromatic N) is 3. The quantitative estimate of drug-likeness (QED) is 0.375. The number of halogens is 1. The van der Waals surface area contributed by atoms with Crippen LogP contribution in [-0.2, 0) is 5.75 Å². The Kier molecular flexibility index (Phi) is 5.44. The first kappa shape index (κ1) is 15.8. The number of hydrogen-bond acceptors (Lipinski definition) is 5. The maximum Gasteiger partial charge on any atom is 0.240 e. The number of aromatic nitrogens is 3. The molecule has 23 heavy (non-hydrogen) atoms. The van der Waals surface area contributed by atoms with E-state index < -0.39 is 0 Å². The fraction of sp³-hybridized carbons (Fsp3) is 0.0625. The summed E-state index contributed by atoms with van der Waals surface area (Å²) in [4.78, 5) is 4.34. The van der Waals surface area contributed by atoms with Gasteiger partial charge in [0.05, 0.1) is 6.21 Å². The SMILES string of the molecule is Brc1cccc(CSc2n[nH]c(N/N=C\c3ccccc3)n2)c1. The molecule has 0 atom stereocenters. The van der Waals surface area contributed by atoms with Crippen LogP contribution in [-0.4, -0.2) is 21.4 Å². The van der Waals surface area contributed by atoms with Crippen molar-refractivity contribution in [1.82, 2.24) is 15.2 Å². The highest BCUT2D eigenvalue weighted by Gasteiger charge is 2.03. The number of hydrazone groups is 1. The summed E-state index contributed by atoms with van der Waals surface area (Å²) in [5, 5.41) is 11.8. The fourth-order valence-electron chi connectivity index (χ4n) is 1.84. The van der Waals surface area contributed by atoms with Gasteiger partial charge >= 0.3 is 0 Å². The monoisotopic (exact) mass is 387 g/mol. The van der Waals surface area contributed by atoms with Crippen molar-refractivity contribution in [3.05, 3.63) is 70.2 Å². The van der Waals surface area contributed by atoms with Crippen molar-refractivity contribution in [2.45, 2.75) is 10.9 Å². The highest BCUT2D eigenvalue weighted by atomic mass is 79.9. The fourth-order valence-corrected chi connectivity index (χ4v) is 3.03. The molecule has 0 saturated carbocycles. The van der Waals surface area contributed by atoms with Gasteiger partial charge in [-0.3, -0.25) is 0 Å². The number of nitrogens with one attached hydrogen (secondary N) is 2. The second-order valence-electron chi connectivity index (χ2n) is 4.67. The Bertz CT molecular complexity index is 788. The lowest BCUT2D eigenvalue weighted by atomic mass is 10.2. The summed E-state index contributed by atoms with van der Waals surface area (Å²) >= 11 is 5.03. The van der Waals surface area contributed by atoms with Crippen molar-refractivity contribution >= 4 is 39.9 Å².